The smallest absolute Gasteiger partial charge is 0.254 e. The maximum Gasteiger partial charge on any atom is 0.254 e. The van der Waals surface area contributed by atoms with Crippen molar-refractivity contribution in [2.45, 2.75) is 50.1 Å². The van der Waals surface area contributed by atoms with Crippen LogP contribution in [0, 0.1) is 12.7 Å². The van der Waals surface area contributed by atoms with Crippen LogP contribution in [-0.4, -0.2) is 28.3 Å². The van der Waals surface area contributed by atoms with E-state index in [9.17, 15) is 9.18 Å². The number of nitrogens with zero attached hydrogens (tertiary/aromatic N) is 1. The van der Waals surface area contributed by atoms with Gasteiger partial charge in [0.2, 0.25) is 0 Å². The van der Waals surface area contributed by atoms with Gasteiger partial charge in [-0.25, -0.2) is 4.39 Å². The molecule has 0 aliphatic carbocycles. The van der Waals surface area contributed by atoms with E-state index in [1.54, 1.807) is 19.1 Å². The third kappa shape index (κ3) is 2.25. The molecule has 2 aliphatic rings. The number of hydrogen-bond donors (Lipinski definition) is 0. The van der Waals surface area contributed by atoms with E-state index in [1.165, 1.54) is 6.07 Å². The minimum absolute atomic E-state index is 0.0463. The minimum atomic E-state index is -0.314. The molecule has 2 fully saturated rings. The lowest BCUT2D eigenvalue weighted by Crippen LogP contribution is -2.47. The molecule has 2 unspecified atom stereocenters. The lowest BCUT2D eigenvalue weighted by Gasteiger charge is -2.37. The van der Waals surface area contributed by atoms with E-state index < -0.39 is 0 Å². The largest absolute Gasteiger partial charge is 0.333 e. The number of carbonyl (C=O) groups excluding carboxylic acids is 1. The Labute approximate surface area is 117 Å². The van der Waals surface area contributed by atoms with Crippen molar-refractivity contribution in [3.63, 3.8) is 0 Å². The number of benzene rings is 1. The Kier molecular flexibility index (Phi) is 3.25. The first-order valence-electron chi connectivity index (χ1n) is 6.79. The number of piperidine rings is 1. The summed E-state index contributed by atoms with van der Waals surface area (Å²) in [5.41, 5.74) is 1.02. The zero-order valence-corrected chi connectivity index (χ0v) is 11.7. The molecule has 3 rings (SSSR count). The standard InChI is InChI=1S/C15H17ClFNO/c1-9-2-3-10(6-14(9)17)15(19)18-12-4-5-13(18)8-11(16)7-12/h2-3,6,11-13H,4-5,7-8H2,1H3. The quantitative estimate of drug-likeness (QED) is 0.722. The van der Waals surface area contributed by atoms with Crippen LogP contribution >= 0.6 is 11.6 Å². The highest BCUT2D eigenvalue weighted by Crippen LogP contribution is 2.38. The SMILES string of the molecule is Cc1ccc(C(=O)N2C3CCC2CC(Cl)C3)cc1F. The second-order valence-electron chi connectivity index (χ2n) is 5.63. The number of aryl methyl sites for hydroxylation is 1. The molecule has 0 spiro atoms. The average molecular weight is 282 g/mol. The fraction of sp³-hybridized carbons (Fsp3) is 0.533. The molecule has 1 amide bonds. The summed E-state index contributed by atoms with van der Waals surface area (Å²) in [6.07, 6.45) is 3.76. The lowest BCUT2D eigenvalue weighted by molar-refractivity contribution is 0.0599. The van der Waals surface area contributed by atoms with Crippen LogP contribution in [0.3, 0.4) is 0 Å². The first-order valence-corrected chi connectivity index (χ1v) is 7.23. The van der Waals surface area contributed by atoms with Gasteiger partial charge >= 0.3 is 0 Å². The summed E-state index contributed by atoms with van der Waals surface area (Å²) in [5.74, 6) is -0.361. The van der Waals surface area contributed by atoms with Crippen LogP contribution in [0.25, 0.3) is 0 Å². The van der Waals surface area contributed by atoms with Gasteiger partial charge in [0.25, 0.3) is 5.91 Å². The molecule has 0 radical (unpaired) electrons. The van der Waals surface area contributed by atoms with Crippen LogP contribution in [0.1, 0.15) is 41.6 Å². The number of fused-ring (bicyclic) bond motifs is 2. The van der Waals surface area contributed by atoms with Crippen molar-refractivity contribution in [3.8, 4) is 0 Å². The summed E-state index contributed by atoms with van der Waals surface area (Å²) < 4.78 is 13.6. The van der Waals surface area contributed by atoms with E-state index in [0.29, 0.717) is 11.1 Å². The highest BCUT2D eigenvalue weighted by molar-refractivity contribution is 6.20. The monoisotopic (exact) mass is 281 g/mol. The first kappa shape index (κ1) is 12.9. The number of hydrogen-bond acceptors (Lipinski definition) is 1. The number of alkyl halides is 1. The van der Waals surface area contributed by atoms with Gasteiger partial charge in [0.15, 0.2) is 0 Å². The van der Waals surface area contributed by atoms with E-state index in [0.717, 1.165) is 25.7 Å². The number of rotatable bonds is 1. The summed E-state index contributed by atoms with van der Waals surface area (Å²) in [6.45, 7) is 1.70. The predicted octanol–water partition coefficient (Wildman–Crippen LogP) is 3.51. The molecular weight excluding hydrogens is 265 g/mol. The molecule has 2 saturated heterocycles. The summed E-state index contributed by atoms with van der Waals surface area (Å²) in [6, 6.07) is 5.20. The molecule has 2 nitrogen and oxygen atoms in total. The van der Waals surface area contributed by atoms with Gasteiger partial charge in [0.1, 0.15) is 5.82 Å². The molecule has 0 N–H and O–H groups in total. The zero-order chi connectivity index (χ0) is 13.6. The zero-order valence-electron chi connectivity index (χ0n) is 10.9. The molecular formula is C15H17ClFNO. The topological polar surface area (TPSA) is 20.3 Å². The predicted molar refractivity (Wildman–Crippen MR) is 73.0 cm³/mol. The van der Waals surface area contributed by atoms with Gasteiger partial charge in [-0.3, -0.25) is 4.79 Å². The van der Waals surface area contributed by atoms with Gasteiger partial charge in [0.05, 0.1) is 0 Å². The third-order valence-electron chi connectivity index (χ3n) is 4.33. The fourth-order valence-corrected chi connectivity index (χ4v) is 3.73. The number of amides is 1. The normalized spacial score (nSPS) is 29.6. The fourth-order valence-electron chi connectivity index (χ4n) is 3.32. The van der Waals surface area contributed by atoms with Gasteiger partial charge in [-0.1, -0.05) is 6.07 Å². The van der Waals surface area contributed by atoms with Gasteiger partial charge in [0, 0.05) is 23.0 Å². The van der Waals surface area contributed by atoms with E-state index in [2.05, 4.69) is 0 Å². The summed E-state index contributed by atoms with van der Waals surface area (Å²) in [5, 5.41) is 0.177. The Morgan fingerprint density at radius 1 is 1.32 bits per heavy atom. The second-order valence-corrected chi connectivity index (χ2v) is 6.25. The van der Waals surface area contributed by atoms with Gasteiger partial charge in [-0.15, -0.1) is 11.6 Å². The van der Waals surface area contributed by atoms with Crippen molar-refractivity contribution in [2.75, 3.05) is 0 Å². The molecule has 0 aromatic heterocycles. The van der Waals surface area contributed by atoms with Crippen molar-refractivity contribution in [3.05, 3.63) is 35.1 Å². The number of halogens is 2. The minimum Gasteiger partial charge on any atom is -0.333 e. The van der Waals surface area contributed by atoms with E-state index in [1.807, 2.05) is 4.90 Å². The second kappa shape index (κ2) is 4.78. The highest BCUT2D eigenvalue weighted by atomic mass is 35.5. The van der Waals surface area contributed by atoms with Gasteiger partial charge in [-0.2, -0.15) is 0 Å². The van der Waals surface area contributed by atoms with Crippen molar-refractivity contribution in [1.82, 2.24) is 4.90 Å². The Morgan fingerprint density at radius 2 is 1.95 bits per heavy atom. The number of carbonyl (C=O) groups is 1. The Hall–Kier alpha value is -1.09. The van der Waals surface area contributed by atoms with Gasteiger partial charge in [-0.05, 0) is 50.3 Å². The first-order chi connectivity index (χ1) is 9.06. The highest BCUT2D eigenvalue weighted by Gasteiger charge is 2.42. The van der Waals surface area contributed by atoms with Gasteiger partial charge < -0.3 is 4.90 Å². The Morgan fingerprint density at radius 3 is 2.53 bits per heavy atom. The lowest BCUT2D eigenvalue weighted by atomic mass is 10.0. The molecule has 2 atom stereocenters. The molecule has 19 heavy (non-hydrogen) atoms. The Balaban J connectivity index is 1.86. The average Bonchev–Trinajstić information content (AvgIpc) is 2.64. The molecule has 1 aromatic carbocycles. The van der Waals surface area contributed by atoms with Crippen LogP contribution in [0.15, 0.2) is 18.2 Å². The molecule has 2 bridgehead atoms. The van der Waals surface area contributed by atoms with E-state index >= 15 is 0 Å². The third-order valence-corrected chi connectivity index (χ3v) is 4.69. The molecule has 4 heteroatoms. The van der Waals surface area contributed by atoms with Crippen LogP contribution in [-0.2, 0) is 0 Å². The van der Waals surface area contributed by atoms with Crippen molar-refractivity contribution >= 4 is 17.5 Å². The molecule has 2 aliphatic heterocycles. The van der Waals surface area contributed by atoms with Crippen molar-refractivity contribution in [1.29, 1.82) is 0 Å². The van der Waals surface area contributed by atoms with Crippen molar-refractivity contribution < 1.29 is 9.18 Å². The molecule has 2 heterocycles. The molecule has 1 aromatic rings. The maximum absolute atomic E-state index is 13.6. The van der Waals surface area contributed by atoms with Crippen LogP contribution in [0.4, 0.5) is 4.39 Å². The Bertz CT molecular complexity index is 505. The van der Waals surface area contributed by atoms with Crippen LogP contribution in [0.5, 0.6) is 0 Å². The summed E-state index contributed by atoms with van der Waals surface area (Å²) >= 11 is 6.21. The van der Waals surface area contributed by atoms with E-state index in [-0.39, 0.29) is 29.2 Å². The molecule has 102 valence electrons. The summed E-state index contributed by atoms with van der Waals surface area (Å²) in [4.78, 5) is 14.5. The maximum atomic E-state index is 13.6. The molecule has 0 saturated carbocycles. The van der Waals surface area contributed by atoms with E-state index in [4.69, 9.17) is 11.6 Å². The summed E-state index contributed by atoms with van der Waals surface area (Å²) in [7, 11) is 0. The van der Waals surface area contributed by atoms with Crippen LogP contribution in [0.2, 0.25) is 0 Å². The van der Waals surface area contributed by atoms with Crippen LogP contribution < -0.4 is 0 Å². The van der Waals surface area contributed by atoms with Crippen molar-refractivity contribution in [2.24, 2.45) is 0 Å².